The smallest absolute Gasteiger partial charge is 0.107 e. The van der Waals surface area contributed by atoms with E-state index in [9.17, 15) is 0 Å². The van der Waals surface area contributed by atoms with Crippen LogP contribution in [-0.2, 0) is 6.42 Å². The lowest BCUT2D eigenvalue weighted by Crippen LogP contribution is -2.43. The van der Waals surface area contributed by atoms with Crippen LogP contribution in [0.4, 0.5) is 5.69 Å². The van der Waals surface area contributed by atoms with E-state index in [2.05, 4.69) is 50.5 Å². The van der Waals surface area contributed by atoms with Crippen molar-refractivity contribution in [1.82, 2.24) is 15.3 Å². The molecule has 1 aromatic heterocycles. The first kappa shape index (κ1) is 13.2. The molecule has 0 atom stereocenters. The van der Waals surface area contributed by atoms with Gasteiger partial charge >= 0.3 is 0 Å². The number of nitrogens with zero attached hydrogens (tertiary/aromatic N) is 2. The predicted molar refractivity (Wildman–Crippen MR) is 82.0 cm³/mol. The number of para-hydroxylation sites is 1. The number of hydrogen-bond donors (Lipinski definition) is 2. The van der Waals surface area contributed by atoms with Gasteiger partial charge < -0.3 is 15.2 Å². The maximum atomic E-state index is 4.25. The molecule has 4 nitrogen and oxygen atoms in total. The topological polar surface area (TPSA) is 44.0 Å². The van der Waals surface area contributed by atoms with E-state index in [1.54, 1.807) is 0 Å². The van der Waals surface area contributed by atoms with Gasteiger partial charge in [-0.05, 0) is 25.0 Å². The van der Waals surface area contributed by atoms with Crippen molar-refractivity contribution in [3.63, 3.8) is 0 Å². The zero-order valence-corrected chi connectivity index (χ0v) is 11.8. The molecule has 0 spiro atoms. The van der Waals surface area contributed by atoms with Crippen molar-refractivity contribution in [3.05, 3.63) is 48.5 Å². The molecule has 0 radical (unpaired) electrons. The predicted octanol–water partition coefficient (Wildman–Crippen LogP) is 2.21. The number of benzene rings is 1. The lowest BCUT2D eigenvalue weighted by atomic mass is 10.0. The van der Waals surface area contributed by atoms with E-state index in [0.29, 0.717) is 6.04 Å². The minimum Gasteiger partial charge on any atom is -0.371 e. The summed E-state index contributed by atoms with van der Waals surface area (Å²) in [6.07, 6.45) is 7.10. The lowest BCUT2D eigenvalue weighted by Gasteiger charge is -2.34. The molecule has 20 heavy (non-hydrogen) atoms. The van der Waals surface area contributed by atoms with Crippen molar-refractivity contribution in [2.45, 2.75) is 25.3 Å². The molecular weight excluding hydrogens is 248 g/mol. The van der Waals surface area contributed by atoms with Gasteiger partial charge in [0.1, 0.15) is 5.82 Å². The van der Waals surface area contributed by atoms with Gasteiger partial charge in [-0.25, -0.2) is 4.98 Å². The highest BCUT2D eigenvalue weighted by atomic mass is 15.1. The minimum atomic E-state index is 0.643. The van der Waals surface area contributed by atoms with E-state index < -0.39 is 0 Å². The molecule has 3 rings (SSSR count). The van der Waals surface area contributed by atoms with Crippen LogP contribution in [0.15, 0.2) is 42.7 Å². The normalized spacial score (nSPS) is 16.5. The van der Waals surface area contributed by atoms with E-state index in [1.165, 1.54) is 18.5 Å². The monoisotopic (exact) mass is 270 g/mol. The van der Waals surface area contributed by atoms with Gasteiger partial charge in [0.15, 0.2) is 0 Å². The number of piperidine rings is 1. The van der Waals surface area contributed by atoms with Crippen LogP contribution in [0.3, 0.4) is 0 Å². The van der Waals surface area contributed by atoms with Crippen molar-refractivity contribution in [2.24, 2.45) is 0 Å². The molecule has 1 fully saturated rings. The number of nitrogens with one attached hydrogen (secondary N) is 2. The zero-order chi connectivity index (χ0) is 13.6. The van der Waals surface area contributed by atoms with Gasteiger partial charge in [0.25, 0.3) is 0 Å². The first-order chi connectivity index (χ1) is 9.92. The summed E-state index contributed by atoms with van der Waals surface area (Å²) in [5.41, 5.74) is 1.35. The molecule has 1 saturated heterocycles. The van der Waals surface area contributed by atoms with Crippen molar-refractivity contribution in [2.75, 3.05) is 24.5 Å². The largest absolute Gasteiger partial charge is 0.371 e. The summed E-state index contributed by atoms with van der Waals surface area (Å²) in [6, 6.07) is 11.3. The summed E-state index contributed by atoms with van der Waals surface area (Å²) in [4.78, 5) is 9.87. The number of H-pyrrole nitrogens is 1. The van der Waals surface area contributed by atoms with Crippen LogP contribution in [0.25, 0.3) is 0 Å². The third-order valence-electron chi connectivity index (χ3n) is 3.97. The highest BCUT2D eigenvalue weighted by Gasteiger charge is 2.18. The Kier molecular flexibility index (Phi) is 4.33. The third kappa shape index (κ3) is 3.39. The van der Waals surface area contributed by atoms with E-state index in [1.807, 2.05) is 12.4 Å². The fraction of sp³-hybridized carbons (Fsp3) is 0.438. The number of rotatable bonds is 5. The van der Waals surface area contributed by atoms with Crippen molar-refractivity contribution in [1.29, 1.82) is 0 Å². The Balaban J connectivity index is 1.40. The molecule has 106 valence electrons. The highest BCUT2D eigenvalue weighted by Crippen LogP contribution is 2.19. The van der Waals surface area contributed by atoms with Crippen LogP contribution >= 0.6 is 0 Å². The Morgan fingerprint density at radius 2 is 2.00 bits per heavy atom. The van der Waals surface area contributed by atoms with Crippen LogP contribution in [0, 0.1) is 0 Å². The molecule has 1 aliphatic heterocycles. The molecule has 2 heterocycles. The molecule has 1 aromatic carbocycles. The molecule has 1 aliphatic rings. The molecule has 2 N–H and O–H groups in total. The molecule has 4 heteroatoms. The van der Waals surface area contributed by atoms with Crippen molar-refractivity contribution < 1.29 is 0 Å². The van der Waals surface area contributed by atoms with Gasteiger partial charge in [0.05, 0.1) is 0 Å². The molecule has 0 aliphatic carbocycles. The fourth-order valence-electron chi connectivity index (χ4n) is 2.81. The highest BCUT2D eigenvalue weighted by molar-refractivity contribution is 5.46. The fourth-order valence-corrected chi connectivity index (χ4v) is 2.81. The second kappa shape index (κ2) is 6.57. The maximum absolute atomic E-state index is 4.25. The molecule has 0 saturated carbocycles. The summed E-state index contributed by atoms with van der Waals surface area (Å²) >= 11 is 0. The zero-order valence-electron chi connectivity index (χ0n) is 11.8. The van der Waals surface area contributed by atoms with Crippen LogP contribution < -0.4 is 10.2 Å². The summed E-state index contributed by atoms with van der Waals surface area (Å²) in [5, 5.41) is 3.65. The first-order valence-electron chi connectivity index (χ1n) is 7.43. The summed E-state index contributed by atoms with van der Waals surface area (Å²) < 4.78 is 0. The van der Waals surface area contributed by atoms with Gasteiger partial charge in [-0.15, -0.1) is 0 Å². The first-order valence-corrected chi connectivity index (χ1v) is 7.43. The Bertz CT molecular complexity index is 486. The minimum absolute atomic E-state index is 0.643. The average Bonchev–Trinajstić information content (AvgIpc) is 3.02. The quantitative estimate of drug-likeness (QED) is 0.875. The van der Waals surface area contributed by atoms with Crippen molar-refractivity contribution in [3.8, 4) is 0 Å². The second-order valence-corrected chi connectivity index (χ2v) is 5.34. The van der Waals surface area contributed by atoms with Gasteiger partial charge in [-0.1, -0.05) is 18.2 Å². The number of anilines is 1. The molecule has 0 bridgehead atoms. The summed E-state index contributed by atoms with van der Waals surface area (Å²) in [5.74, 6) is 1.07. The number of aromatic amines is 1. The second-order valence-electron chi connectivity index (χ2n) is 5.34. The van der Waals surface area contributed by atoms with Crippen LogP contribution in [0.2, 0.25) is 0 Å². The Morgan fingerprint density at radius 1 is 1.20 bits per heavy atom. The summed E-state index contributed by atoms with van der Waals surface area (Å²) in [6.45, 7) is 3.29. The number of hydrogen-bond acceptors (Lipinski definition) is 3. The van der Waals surface area contributed by atoms with E-state index >= 15 is 0 Å². The molecule has 2 aromatic rings. The van der Waals surface area contributed by atoms with Gasteiger partial charge in [-0.2, -0.15) is 0 Å². The van der Waals surface area contributed by atoms with E-state index in [0.717, 1.165) is 31.9 Å². The maximum Gasteiger partial charge on any atom is 0.107 e. The average molecular weight is 270 g/mol. The Hall–Kier alpha value is -1.81. The van der Waals surface area contributed by atoms with Crippen molar-refractivity contribution >= 4 is 5.69 Å². The van der Waals surface area contributed by atoms with Crippen LogP contribution in [0.5, 0.6) is 0 Å². The number of aromatic nitrogens is 2. The summed E-state index contributed by atoms with van der Waals surface area (Å²) in [7, 11) is 0. The van der Waals surface area contributed by atoms with Gasteiger partial charge in [0, 0.05) is 50.2 Å². The molecule has 0 amide bonds. The van der Waals surface area contributed by atoms with E-state index in [4.69, 9.17) is 0 Å². The van der Waals surface area contributed by atoms with Gasteiger partial charge in [-0.3, -0.25) is 0 Å². The number of imidazole rings is 1. The molecule has 0 unspecified atom stereocenters. The van der Waals surface area contributed by atoms with E-state index in [-0.39, 0.29) is 0 Å². The third-order valence-corrected chi connectivity index (χ3v) is 3.97. The standard InChI is InChI=1S/C16H22N4/c1-2-4-15(5-3-1)20-12-7-14(8-13-20)17-9-6-16-18-10-11-19-16/h1-5,10-11,14,17H,6-9,12-13H2,(H,18,19). The van der Waals surface area contributed by atoms with Crippen LogP contribution in [-0.4, -0.2) is 35.6 Å². The van der Waals surface area contributed by atoms with Crippen LogP contribution in [0.1, 0.15) is 18.7 Å². The Morgan fingerprint density at radius 3 is 2.70 bits per heavy atom. The van der Waals surface area contributed by atoms with Gasteiger partial charge in [0.2, 0.25) is 0 Å². The Labute approximate surface area is 120 Å². The SMILES string of the molecule is c1ccc(N2CCC(NCCc3ncc[nH]3)CC2)cc1. The molecular formula is C16H22N4. The lowest BCUT2D eigenvalue weighted by molar-refractivity contribution is 0.416.